The van der Waals surface area contributed by atoms with Crippen LogP contribution < -0.4 is 5.32 Å². The van der Waals surface area contributed by atoms with Gasteiger partial charge in [-0.2, -0.15) is 0 Å². The van der Waals surface area contributed by atoms with Crippen LogP contribution in [0, 0.1) is 25.2 Å². The first-order chi connectivity index (χ1) is 10.4. The van der Waals surface area contributed by atoms with Crippen molar-refractivity contribution in [1.82, 2.24) is 15.2 Å². The minimum absolute atomic E-state index is 0.100. The zero-order valence-electron chi connectivity index (χ0n) is 12.9. The fourth-order valence-corrected chi connectivity index (χ4v) is 4.68. The monoisotopic (exact) mass is 323 g/mol. The van der Waals surface area contributed by atoms with Gasteiger partial charge in [0, 0.05) is 18.0 Å². The first kappa shape index (κ1) is 15.3. The van der Waals surface area contributed by atoms with Crippen molar-refractivity contribution in [2.75, 3.05) is 13.1 Å². The molecule has 2 fully saturated rings. The van der Waals surface area contributed by atoms with E-state index in [1.165, 1.54) is 0 Å². The number of carboxylic acids is 1. The number of nitrogens with zero attached hydrogens (tertiary/aromatic N) is 2. The summed E-state index contributed by atoms with van der Waals surface area (Å²) in [6.07, 6.45) is 2.54. The summed E-state index contributed by atoms with van der Waals surface area (Å²) in [5.41, 5.74) is 0.233. The second kappa shape index (κ2) is 5.53. The molecule has 0 radical (unpaired) electrons. The number of hydrogen-bond acceptors (Lipinski definition) is 4. The molecule has 1 aromatic heterocycles. The van der Waals surface area contributed by atoms with E-state index in [1.807, 2.05) is 13.8 Å². The van der Waals surface area contributed by atoms with Crippen LogP contribution in [-0.4, -0.2) is 40.1 Å². The van der Waals surface area contributed by atoms with E-state index in [9.17, 15) is 14.7 Å². The van der Waals surface area contributed by atoms with Gasteiger partial charge < -0.3 is 15.3 Å². The number of urea groups is 1. The molecule has 2 aliphatic rings. The Kier molecular flexibility index (Phi) is 3.84. The van der Waals surface area contributed by atoms with Crippen molar-refractivity contribution in [1.29, 1.82) is 0 Å². The lowest BCUT2D eigenvalue weighted by Crippen LogP contribution is -2.41. The van der Waals surface area contributed by atoms with Gasteiger partial charge in [0.15, 0.2) is 0 Å². The molecule has 2 N–H and O–H groups in total. The average Bonchev–Trinajstić information content (AvgIpc) is 3.08. The molecule has 1 aliphatic carbocycles. The molecule has 3 rings (SSSR count). The third-order valence-corrected chi connectivity index (χ3v) is 6.06. The zero-order chi connectivity index (χ0) is 15.9. The summed E-state index contributed by atoms with van der Waals surface area (Å²) in [5.74, 6) is -0.651. The Hall–Kier alpha value is -1.63. The van der Waals surface area contributed by atoms with Gasteiger partial charge in [-0.1, -0.05) is 6.42 Å². The second-order valence-electron chi connectivity index (χ2n) is 6.33. The normalized spacial score (nSPS) is 27.0. The summed E-state index contributed by atoms with van der Waals surface area (Å²) < 4.78 is 0. The summed E-state index contributed by atoms with van der Waals surface area (Å²) in [7, 11) is 0. The van der Waals surface area contributed by atoms with Crippen LogP contribution in [0.3, 0.4) is 0 Å². The lowest BCUT2D eigenvalue weighted by molar-refractivity contribution is -0.149. The van der Waals surface area contributed by atoms with Gasteiger partial charge in [0.1, 0.15) is 0 Å². The molecule has 0 spiro atoms. The number of aliphatic carboxylic acids is 1. The van der Waals surface area contributed by atoms with Gasteiger partial charge in [-0.05, 0) is 32.6 Å². The highest BCUT2D eigenvalue weighted by Gasteiger charge is 2.55. The number of thiazole rings is 1. The molecule has 6 nitrogen and oxygen atoms in total. The fraction of sp³-hybridized carbons (Fsp3) is 0.667. The molecular formula is C15H21N3O3S. The van der Waals surface area contributed by atoms with E-state index in [0.29, 0.717) is 26.1 Å². The van der Waals surface area contributed by atoms with Crippen LogP contribution in [0.1, 0.15) is 34.8 Å². The summed E-state index contributed by atoms with van der Waals surface area (Å²) in [6.45, 7) is 5.22. The standard InChI is InChI=1S/C15H21N3O3S/c1-9-12(22-10(2)17-9)6-16-14(21)18-7-11-4-3-5-15(11,8-18)13(19)20/h11H,3-8H2,1-2H3,(H,16,21)(H,19,20)/t11-,15+/m0/s1. The number of carbonyl (C=O) groups is 2. The first-order valence-electron chi connectivity index (χ1n) is 7.61. The topological polar surface area (TPSA) is 82.5 Å². The van der Waals surface area contributed by atoms with E-state index in [-0.39, 0.29) is 11.9 Å². The quantitative estimate of drug-likeness (QED) is 0.893. The van der Waals surface area contributed by atoms with Gasteiger partial charge in [-0.15, -0.1) is 11.3 Å². The van der Waals surface area contributed by atoms with Gasteiger partial charge in [0.25, 0.3) is 0 Å². The molecule has 1 aromatic rings. The van der Waals surface area contributed by atoms with Crippen molar-refractivity contribution in [3.63, 3.8) is 0 Å². The average molecular weight is 323 g/mol. The van der Waals surface area contributed by atoms with Crippen LogP contribution in [0.4, 0.5) is 4.79 Å². The zero-order valence-corrected chi connectivity index (χ0v) is 13.7. The Morgan fingerprint density at radius 3 is 2.86 bits per heavy atom. The van der Waals surface area contributed by atoms with Crippen LogP contribution >= 0.6 is 11.3 Å². The Balaban J connectivity index is 1.62. The first-order valence-corrected chi connectivity index (χ1v) is 8.43. The van der Waals surface area contributed by atoms with Crippen LogP contribution in [0.15, 0.2) is 0 Å². The molecule has 22 heavy (non-hydrogen) atoms. The molecule has 0 aromatic carbocycles. The molecule has 0 unspecified atom stereocenters. The minimum atomic E-state index is -0.751. The number of rotatable bonds is 3. The van der Waals surface area contributed by atoms with Gasteiger partial charge >= 0.3 is 12.0 Å². The highest BCUT2D eigenvalue weighted by atomic mass is 32.1. The number of nitrogens with one attached hydrogen (secondary N) is 1. The molecule has 1 aliphatic heterocycles. The number of carboxylic acid groups (broad SMARTS) is 1. The Morgan fingerprint density at radius 2 is 2.27 bits per heavy atom. The highest BCUT2D eigenvalue weighted by Crippen LogP contribution is 2.48. The van der Waals surface area contributed by atoms with Crippen molar-refractivity contribution in [2.45, 2.75) is 39.7 Å². The maximum atomic E-state index is 12.3. The molecular weight excluding hydrogens is 302 g/mol. The van der Waals surface area contributed by atoms with E-state index in [0.717, 1.165) is 28.4 Å². The van der Waals surface area contributed by atoms with E-state index in [1.54, 1.807) is 16.2 Å². The molecule has 7 heteroatoms. The molecule has 2 atom stereocenters. The largest absolute Gasteiger partial charge is 0.481 e. The maximum Gasteiger partial charge on any atom is 0.317 e. The number of carbonyl (C=O) groups excluding carboxylic acids is 1. The van der Waals surface area contributed by atoms with Crippen molar-refractivity contribution in [3.05, 3.63) is 15.6 Å². The van der Waals surface area contributed by atoms with E-state index in [4.69, 9.17) is 0 Å². The lowest BCUT2D eigenvalue weighted by atomic mass is 9.81. The molecule has 1 saturated heterocycles. The Morgan fingerprint density at radius 1 is 1.50 bits per heavy atom. The van der Waals surface area contributed by atoms with Crippen LogP contribution in [0.5, 0.6) is 0 Å². The van der Waals surface area contributed by atoms with Crippen LogP contribution in [-0.2, 0) is 11.3 Å². The summed E-state index contributed by atoms with van der Waals surface area (Å²) in [6, 6.07) is -0.166. The van der Waals surface area contributed by atoms with Gasteiger partial charge in [0.2, 0.25) is 0 Å². The van der Waals surface area contributed by atoms with Crippen LogP contribution in [0.2, 0.25) is 0 Å². The van der Waals surface area contributed by atoms with Gasteiger partial charge in [0.05, 0.1) is 22.7 Å². The van der Waals surface area contributed by atoms with E-state index in [2.05, 4.69) is 10.3 Å². The Labute approximate surface area is 133 Å². The second-order valence-corrected chi connectivity index (χ2v) is 7.62. The van der Waals surface area contributed by atoms with Crippen molar-refractivity contribution in [2.24, 2.45) is 11.3 Å². The molecule has 1 saturated carbocycles. The SMILES string of the molecule is Cc1nc(C)c(CNC(=O)N2C[C@@H]3CCC[C@@]3(C(=O)O)C2)s1. The fourth-order valence-electron chi connectivity index (χ4n) is 3.80. The maximum absolute atomic E-state index is 12.3. The number of likely N-dealkylation sites (tertiary alicyclic amines) is 1. The molecule has 120 valence electrons. The third kappa shape index (κ3) is 2.47. The summed E-state index contributed by atoms with van der Waals surface area (Å²) in [5, 5.41) is 13.4. The molecule has 0 bridgehead atoms. The number of aromatic nitrogens is 1. The van der Waals surface area contributed by atoms with Crippen molar-refractivity contribution < 1.29 is 14.7 Å². The third-order valence-electron chi connectivity index (χ3n) is 4.98. The number of hydrogen-bond donors (Lipinski definition) is 2. The predicted octanol–water partition coefficient (Wildman–Crippen LogP) is 2.16. The Bertz CT molecular complexity index is 615. The molecule has 2 heterocycles. The van der Waals surface area contributed by atoms with E-state index >= 15 is 0 Å². The smallest absolute Gasteiger partial charge is 0.317 e. The van der Waals surface area contributed by atoms with Crippen LogP contribution in [0.25, 0.3) is 0 Å². The van der Waals surface area contributed by atoms with Gasteiger partial charge in [-0.25, -0.2) is 9.78 Å². The predicted molar refractivity (Wildman–Crippen MR) is 82.8 cm³/mol. The summed E-state index contributed by atoms with van der Waals surface area (Å²) >= 11 is 1.58. The molecule has 2 amide bonds. The van der Waals surface area contributed by atoms with Gasteiger partial charge in [-0.3, -0.25) is 4.79 Å². The van der Waals surface area contributed by atoms with Crippen molar-refractivity contribution in [3.8, 4) is 0 Å². The highest BCUT2D eigenvalue weighted by molar-refractivity contribution is 7.11. The minimum Gasteiger partial charge on any atom is -0.481 e. The van der Waals surface area contributed by atoms with Crippen molar-refractivity contribution >= 4 is 23.3 Å². The van der Waals surface area contributed by atoms with E-state index < -0.39 is 11.4 Å². The number of aryl methyl sites for hydroxylation is 2. The lowest BCUT2D eigenvalue weighted by Gasteiger charge is -2.23. The number of amides is 2. The number of fused-ring (bicyclic) bond motifs is 1. The summed E-state index contributed by atoms with van der Waals surface area (Å²) in [4.78, 5) is 31.0.